The number of thiocarbonyl (C=S) groups is 3. The summed E-state index contributed by atoms with van der Waals surface area (Å²) in [7, 11) is 0. The van der Waals surface area contributed by atoms with Crippen molar-refractivity contribution in [1.29, 1.82) is 5.26 Å². The monoisotopic (exact) mass is 954 g/mol. The number of nitrogens with zero attached hydrogens (tertiary/aromatic N) is 6. The predicted octanol–water partition coefficient (Wildman–Crippen LogP) is 14.0. The number of aromatic nitrogens is 4. The Morgan fingerprint density at radius 1 is 0.412 bits per heavy atom. The summed E-state index contributed by atoms with van der Waals surface area (Å²) in [6.07, 6.45) is 11.5. The number of thiocyanates is 1. The normalized spacial score (nSPS) is 11.3. The van der Waals surface area contributed by atoms with Gasteiger partial charge in [-0.2, -0.15) is 5.26 Å². The second-order valence-electron chi connectivity index (χ2n) is 16.1. The number of H-pyrrole nitrogens is 2. The molecule has 5 heterocycles. The zero-order chi connectivity index (χ0) is 46.7. The van der Waals surface area contributed by atoms with E-state index in [0.717, 1.165) is 137 Å². The van der Waals surface area contributed by atoms with Crippen molar-refractivity contribution in [2.24, 2.45) is 15.0 Å². The maximum atomic E-state index is 9.14. The molecule has 0 radical (unpaired) electrons. The van der Waals surface area contributed by atoms with E-state index in [1.54, 1.807) is 0 Å². The van der Waals surface area contributed by atoms with Gasteiger partial charge in [0.2, 0.25) is 0 Å². The molecule has 8 nitrogen and oxygen atoms in total. The lowest BCUT2D eigenvalue weighted by Crippen LogP contribution is -1.92. The van der Waals surface area contributed by atoms with E-state index in [9.17, 15) is 0 Å². The molecule has 0 amide bonds. The average molecular weight is 955 g/mol. The Morgan fingerprint density at radius 3 is 0.956 bits per heavy atom. The molecule has 68 heavy (non-hydrogen) atoms. The number of aliphatic imine (C=N–C) groups is 3. The van der Waals surface area contributed by atoms with Gasteiger partial charge in [0.15, 0.2) is 0 Å². The fourth-order valence-electron chi connectivity index (χ4n) is 8.68. The number of hydrogen-bond acceptors (Lipinski definition) is 10. The van der Waals surface area contributed by atoms with Crippen LogP contribution in [0.4, 0.5) is 0 Å². The van der Waals surface area contributed by atoms with Gasteiger partial charge in [0.25, 0.3) is 0 Å². The van der Waals surface area contributed by atoms with E-state index in [-0.39, 0.29) is 0 Å². The van der Waals surface area contributed by atoms with Gasteiger partial charge >= 0.3 is 0 Å². The second kappa shape index (κ2) is 22.0. The Hall–Kier alpha value is -7.28. The first kappa shape index (κ1) is 45.9. The van der Waals surface area contributed by atoms with Crippen LogP contribution in [0.15, 0.2) is 136 Å². The molecule has 0 spiro atoms. The van der Waals surface area contributed by atoms with Crippen molar-refractivity contribution in [2.45, 2.75) is 25.7 Å². The van der Waals surface area contributed by atoms with Crippen molar-refractivity contribution in [1.82, 2.24) is 19.9 Å². The van der Waals surface area contributed by atoms with Crippen LogP contribution >= 0.6 is 48.4 Å². The second-order valence-corrected chi connectivity index (χ2v) is 17.6. The summed E-state index contributed by atoms with van der Waals surface area (Å²) in [6, 6.07) is 43.0. The summed E-state index contributed by atoms with van der Waals surface area (Å²) in [5.74, 6) is 0.732. The van der Waals surface area contributed by atoms with Crippen LogP contribution in [0.3, 0.4) is 0 Å². The Bertz CT molecular complexity index is 3370. The molecule has 12 heteroatoms. The highest BCUT2D eigenvalue weighted by atomic mass is 32.2. The zero-order valence-electron chi connectivity index (χ0n) is 36.8. The topological polar surface area (TPSA) is 118 Å². The summed E-state index contributed by atoms with van der Waals surface area (Å²) >= 11 is 15.7. The van der Waals surface area contributed by atoms with Crippen molar-refractivity contribution >= 4 is 110 Å². The number of rotatable bonds is 16. The third-order valence-electron chi connectivity index (χ3n) is 12.0. The van der Waals surface area contributed by atoms with Gasteiger partial charge in [0, 0.05) is 50.1 Å². The lowest BCUT2D eigenvalue weighted by Gasteiger charge is -2.08. The number of nitrogens with one attached hydrogen (secondary N) is 2. The van der Waals surface area contributed by atoms with Crippen LogP contribution < -0.4 is 0 Å². The van der Waals surface area contributed by atoms with E-state index in [2.05, 4.69) is 191 Å². The van der Waals surface area contributed by atoms with Crippen LogP contribution in [0.25, 0.3) is 90.9 Å². The molecule has 8 bridgehead atoms. The molecule has 7 aromatic rings. The van der Waals surface area contributed by atoms with Gasteiger partial charge in [-0.05, 0) is 167 Å². The van der Waals surface area contributed by atoms with Crippen molar-refractivity contribution in [3.05, 3.63) is 166 Å². The third kappa shape index (κ3) is 10.5. The summed E-state index contributed by atoms with van der Waals surface area (Å²) in [4.78, 5) is 31.1. The number of hydrogen-bond donors (Lipinski definition) is 2. The van der Waals surface area contributed by atoms with Gasteiger partial charge < -0.3 is 9.97 Å². The number of fused-ring (bicyclic) bond motifs is 8. The Labute approximate surface area is 415 Å². The number of aryl methyl sites for hydroxylation is 1. The zero-order valence-corrected chi connectivity index (χ0v) is 40.1. The van der Waals surface area contributed by atoms with Gasteiger partial charge in [0.05, 0.1) is 57.9 Å². The van der Waals surface area contributed by atoms with Crippen molar-refractivity contribution in [3.63, 3.8) is 0 Å². The number of thioether (sulfide) groups is 1. The summed E-state index contributed by atoms with van der Waals surface area (Å²) < 4.78 is 0. The highest BCUT2D eigenvalue weighted by molar-refractivity contribution is 8.03. The first-order valence-electron chi connectivity index (χ1n) is 22.2. The van der Waals surface area contributed by atoms with E-state index >= 15 is 0 Å². The fraction of sp³-hybridized carbons (Fsp3) is 0.143. The largest absolute Gasteiger partial charge is 0.354 e. The lowest BCUT2D eigenvalue weighted by atomic mass is 10.0. The Kier molecular flexibility index (Phi) is 14.8. The van der Waals surface area contributed by atoms with Crippen LogP contribution in [0, 0.1) is 10.7 Å². The number of benzene rings is 4. The molecule has 0 atom stereocenters. The first-order chi connectivity index (χ1) is 33.5. The molecule has 2 aliphatic rings. The van der Waals surface area contributed by atoms with Crippen molar-refractivity contribution in [3.8, 4) is 49.9 Å². The minimum absolute atomic E-state index is 0.584. The van der Waals surface area contributed by atoms with E-state index in [1.807, 2.05) is 0 Å². The van der Waals surface area contributed by atoms with Gasteiger partial charge in [-0.3, -0.25) is 0 Å². The minimum Gasteiger partial charge on any atom is -0.354 e. The Balaban J connectivity index is 1.33. The highest BCUT2D eigenvalue weighted by Crippen LogP contribution is 2.39. The molecule has 2 N–H and O–H groups in total. The first-order valence-corrected chi connectivity index (χ1v) is 24.4. The van der Waals surface area contributed by atoms with Gasteiger partial charge in [-0.15, -0.1) is 0 Å². The summed E-state index contributed by atoms with van der Waals surface area (Å²) in [5.41, 5.74) is 19.6. The maximum Gasteiger partial charge on any atom is 0.133 e. The van der Waals surface area contributed by atoms with E-state index in [4.69, 9.17) is 51.9 Å². The van der Waals surface area contributed by atoms with Gasteiger partial charge in [-0.25, -0.2) is 24.9 Å². The SMILES string of the molecule is N#CSCCc1ccc(-c2c3nc(c(-c4ccc(CCN=C=S)cc4)c4ccc([nH]4)c(-c4ccc(CCN=C=S)cc4)c4nc(c(-c5ccc(CCN=C=S)cc5)c5ccc2[nH]5)C=C4)C=C3)cc1. The van der Waals surface area contributed by atoms with Crippen LogP contribution in [-0.2, 0) is 25.7 Å². The smallest absolute Gasteiger partial charge is 0.133 e. The third-order valence-corrected chi connectivity index (χ3v) is 12.9. The molecular weight excluding hydrogens is 913 g/mol. The highest BCUT2D eigenvalue weighted by Gasteiger charge is 2.19. The molecular formula is C56H42N8S4. The molecule has 0 unspecified atom stereocenters. The average Bonchev–Trinajstić information content (AvgIpc) is 4.23. The molecule has 3 aromatic heterocycles. The van der Waals surface area contributed by atoms with Gasteiger partial charge in [-0.1, -0.05) is 97.1 Å². The van der Waals surface area contributed by atoms with Crippen molar-refractivity contribution < 1.29 is 0 Å². The fourth-order valence-corrected chi connectivity index (χ4v) is 9.38. The maximum absolute atomic E-state index is 9.14. The van der Waals surface area contributed by atoms with E-state index in [1.165, 1.54) is 17.3 Å². The van der Waals surface area contributed by atoms with Crippen LogP contribution in [0.2, 0.25) is 0 Å². The van der Waals surface area contributed by atoms with E-state index < -0.39 is 0 Å². The minimum atomic E-state index is 0.584. The Morgan fingerprint density at radius 2 is 0.691 bits per heavy atom. The standard InChI is InChI=1S/C56H42N8S4/c57-33-68-32-28-40-7-15-44(16-8-40)56-51-23-21-49(63-51)54(42-11-3-38(4-12-42)26-30-59-35-66)47-19-17-45(61-47)53(41-9-1-37(2-10-41)25-29-58-34-65)46-18-20-48(62-46)55(50-22-24-52(56)64-50)43-13-5-39(6-14-43)27-31-60-36-67/h1-24,61,64H,25-32H2. The summed E-state index contributed by atoms with van der Waals surface area (Å²) in [6.45, 7) is 1.75. The lowest BCUT2D eigenvalue weighted by molar-refractivity contribution is 0.977. The molecule has 0 saturated heterocycles. The van der Waals surface area contributed by atoms with Crippen LogP contribution in [0.5, 0.6) is 0 Å². The van der Waals surface area contributed by atoms with Crippen LogP contribution in [0.1, 0.15) is 45.0 Å². The molecule has 0 fully saturated rings. The van der Waals surface area contributed by atoms with Crippen LogP contribution in [-0.4, -0.2) is 60.8 Å². The molecule has 2 aliphatic heterocycles. The predicted molar refractivity (Wildman–Crippen MR) is 293 cm³/mol. The molecule has 0 saturated carbocycles. The van der Waals surface area contributed by atoms with Gasteiger partial charge in [0.1, 0.15) is 5.40 Å². The number of aromatic amines is 2. The quantitative estimate of drug-likeness (QED) is 0.0428. The molecule has 330 valence electrons. The van der Waals surface area contributed by atoms with Crippen molar-refractivity contribution in [2.75, 3.05) is 25.4 Å². The van der Waals surface area contributed by atoms with E-state index in [0.29, 0.717) is 19.6 Å². The summed E-state index contributed by atoms with van der Waals surface area (Å²) in [5, 5.41) is 18.8. The number of nitriles is 1. The molecule has 0 aliphatic carbocycles. The molecule has 9 rings (SSSR count). The molecule has 4 aromatic carbocycles. The number of isothiocyanates is 3.